The maximum absolute atomic E-state index is 11.6. The van der Waals surface area contributed by atoms with Crippen LogP contribution in [0.15, 0.2) is 18.2 Å². The average molecular weight is 289 g/mol. The van der Waals surface area contributed by atoms with E-state index in [0.717, 1.165) is 0 Å². The van der Waals surface area contributed by atoms with Crippen LogP contribution in [0.25, 0.3) is 0 Å². The van der Waals surface area contributed by atoms with Gasteiger partial charge in [0.2, 0.25) is 5.91 Å². The van der Waals surface area contributed by atoms with Crippen molar-refractivity contribution < 1.29 is 9.00 Å². The van der Waals surface area contributed by atoms with Crippen molar-refractivity contribution in [1.82, 2.24) is 0 Å². The number of nitrogens with two attached hydrogens (primary N) is 1. The Bertz CT molecular complexity index is 452. The Morgan fingerprint density at radius 2 is 2.22 bits per heavy atom. The first-order valence-electron chi connectivity index (χ1n) is 5.72. The number of halogens is 1. The SMILES string of the molecule is CCS(=O)CCCC(=O)Nc1cc(Cl)ccc1N. The lowest BCUT2D eigenvalue weighted by atomic mass is 10.2. The van der Waals surface area contributed by atoms with Gasteiger partial charge in [0.15, 0.2) is 0 Å². The molecule has 1 amide bonds. The summed E-state index contributed by atoms with van der Waals surface area (Å²) in [6.45, 7) is 1.86. The molecule has 0 fully saturated rings. The average Bonchev–Trinajstić information content (AvgIpc) is 2.33. The van der Waals surface area contributed by atoms with E-state index in [-0.39, 0.29) is 5.91 Å². The summed E-state index contributed by atoms with van der Waals surface area (Å²) in [6.07, 6.45) is 0.935. The van der Waals surface area contributed by atoms with Crippen LogP contribution in [0.2, 0.25) is 5.02 Å². The number of nitrogens with one attached hydrogen (secondary N) is 1. The highest BCUT2D eigenvalue weighted by Crippen LogP contribution is 2.23. The molecule has 0 saturated heterocycles. The van der Waals surface area contributed by atoms with Gasteiger partial charge in [-0.1, -0.05) is 18.5 Å². The van der Waals surface area contributed by atoms with Gasteiger partial charge < -0.3 is 11.1 Å². The lowest BCUT2D eigenvalue weighted by Crippen LogP contribution is -2.14. The smallest absolute Gasteiger partial charge is 0.224 e. The van der Waals surface area contributed by atoms with Crippen LogP contribution in [0.1, 0.15) is 19.8 Å². The van der Waals surface area contributed by atoms with Gasteiger partial charge in [-0.15, -0.1) is 0 Å². The zero-order valence-electron chi connectivity index (χ0n) is 10.2. The van der Waals surface area contributed by atoms with Gasteiger partial charge in [0.25, 0.3) is 0 Å². The van der Waals surface area contributed by atoms with E-state index in [4.69, 9.17) is 17.3 Å². The second-order valence-corrected chi connectivity index (χ2v) is 6.12. The summed E-state index contributed by atoms with van der Waals surface area (Å²) in [5, 5.41) is 3.22. The van der Waals surface area contributed by atoms with Gasteiger partial charge in [-0.2, -0.15) is 0 Å². The molecule has 0 spiro atoms. The van der Waals surface area contributed by atoms with Crippen molar-refractivity contribution in [1.29, 1.82) is 0 Å². The Morgan fingerprint density at radius 1 is 1.50 bits per heavy atom. The summed E-state index contributed by atoms with van der Waals surface area (Å²) >= 11 is 5.82. The molecule has 4 nitrogen and oxygen atoms in total. The summed E-state index contributed by atoms with van der Waals surface area (Å²) < 4.78 is 11.2. The van der Waals surface area contributed by atoms with Gasteiger partial charge in [-0.05, 0) is 24.6 Å². The van der Waals surface area contributed by atoms with E-state index in [1.54, 1.807) is 18.2 Å². The molecule has 1 atom stereocenters. The van der Waals surface area contributed by atoms with E-state index in [2.05, 4.69) is 5.32 Å². The fourth-order valence-electron chi connectivity index (χ4n) is 1.39. The minimum absolute atomic E-state index is 0.142. The van der Waals surface area contributed by atoms with Crippen molar-refractivity contribution in [2.24, 2.45) is 0 Å². The Hall–Kier alpha value is -1.07. The van der Waals surface area contributed by atoms with Gasteiger partial charge in [0, 0.05) is 33.7 Å². The number of carbonyl (C=O) groups is 1. The summed E-state index contributed by atoms with van der Waals surface area (Å²) in [5.74, 6) is 1.04. The van der Waals surface area contributed by atoms with Crippen molar-refractivity contribution in [3.05, 3.63) is 23.2 Å². The van der Waals surface area contributed by atoms with Crippen LogP contribution < -0.4 is 11.1 Å². The lowest BCUT2D eigenvalue weighted by molar-refractivity contribution is -0.116. The summed E-state index contributed by atoms with van der Waals surface area (Å²) in [4.78, 5) is 11.6. The molecule has 1 rings (SSSR count). The summed E-state index contributed by atoms with van der Waals surface area (Å²) in [5.41, 5.74) is 6.71. The summed E-state index contributed by atoms with van der Waals surface area (Å²) in [7, 11) is -0.824. The highest BCUT2D eigenvalue weighted by molar-refractivity contribution is 7.84. The molecule has 0 heterocycles. The molecular formula is C12H17ClN2O2S. The first-order valence-corrected chi connectivity index (χ1v) is 7.59. The zero-order valence-corrected chi connectivity index (χ0v) is 11.8. The highest BCUT2D eigenvalue weighted by atomic mass is 35.5. The maximum Gasteiger partial charge on any atom is 0.224 e. The number of nitrogen functional groups attached to an aromatic ring is 1. The first kappa shape index (κ1) is 15.0. The molecule has 1 aromatic rings. The predicted molar refractivity (Wildman–Crippen MR) is 77.3 cm³/mol. The number of anilines is 2. The van der Waals surface area contributed by atoms with E-state index in [1.807, 2.05) is 6.92 Å². The van der Waals surface area contributed by atoms with Crippen LogP contribution in [0.4, 0.5) is 11.4 Å². The molecule has 0 bridgehead atoms. The molecule has 6 heteroatoms. The predicted octanol–water partition coefficient (Wildman–Crippen LogP) is 2.41. The first-order chi connectivity index (χ1) is 8.52. The van der Waals surface area contributed by atoms with E-state index < -0.39 is 10.8 Å². The molecule has 1 aromatic carbocycles. The normalized spacial score (nSPS) is 12.1. The number of amides is 1. The van der Waals surface area contributed by atoms with E-state index >= 15 is 0 Å². The van der Waals surface area contributed by atoms with Crippen LogP contribution in [-0.4, -0.2) is 21.6 Å². The lowest BCUT2D eigenvalue weighted by Gasteiger charge is -2.08. The minimum Gasteiger partial charge on any atom is -0.397 e. The van der Waals surface area contributed by atoms with Crippen molar-refractivity contribution >= 4 is 39.7 Å². The van der Waals surface area contributed by atoms with Gasteiger partial charge in [-0.25, -0.2) is 0 Å². The third-order valence-corrected chi connectivity index (χ3v) is 4.01. The Kier molecular flexibility index (Phi) is 6.15. The molecule has 0 radical (unpaired) electrons. The summed E-state index contributed by atoms with van der Waals surface area (Å²) in [6, 6.07) is 4.92. The van der Waals surface area contributed by atoms with E-state index in [0.29, 0.717) is 40.7 Å². The zero-order chi connectivity index (χ0) is 13.5. The molecule has 0 aliphatic carbocycles. The van der Waals surface area contributed by atoms with Crippen LogP contribution in [0.5, 0.6) is 0 Å². The molecule has 1 unspecified atom stereocenters. The molecule has 0 saturated carbocycles. The van der Waals surface area contributed by atoms with E-state index in [9.17, 15) is 9.00 Å². The number of hydrogen-bond acceptors (Lipinski definition) is 3. The van der Waals surface area contributed by atoms with Gasteiger partial charge in [0.1, 0.15) is 0 Å². The molecule has 0 aromatic heterocycles. The standard InChI is InChI=1S/C12H17ClN2O2S/c1-2-18(17)7-3-4-12(16)15-11-8-9(13)5-6-10(11)14/h5-6,8H,2-4,7,14H2,1H3,(H,15,16). The third-order valence-electron chi connectivity index (χ3n) is 2.39. The maximum atomic E-state index is 11.6. The van der Waals surface area contributed by atoms with Crippen molar-refractivity contribution in [3.8, 4) is 0 Å². The number of hydrogen-bond donors (Lipinski definition) is 2. The quantitative estimate of drug-likeness (QED) is 0.790. The topological polar surface area (TPSA) is 72.2 Å². The molecule has 3 N–H and O–H groups in total. The van der Waals surface area contributed by atoms with Crippen molar-refractivity contribution in [2.45, 2.75) is 19.8 Å². The van der Waals surface area contributed by atoms with Crippen LogP contribution in [0, 0.1) is 0 Å². The van der Waals surface area contributed by atoms with Crippen molar-refractivity contribution in [3.63, 3.8) is 0 Å². The van der Waals surface area contributed by atoms with Crippen LogP contribution in [0.3, 0.4) is 0 Å². The Labute approximate surface area is 114 Å². The van der Waals surface area contributed by atoms with Gasteiger partial charge >= 0.3 is 0 Å². The van der Waals surface area contributed by atoms with Gasteiger partial charge in [0.05, 0.1) is 11.4 Å². The van der Waals surface area contributed by atoms with E-state index in [1.165, 1.54) is 0 Å². The van der Waals surface area contributed by atoms with Crippen molar-refractivity contribution in [2.75, 3.05) is 22.6 Å². The van der Waals surface area contributed by atoms with Gasteiger partial charge in [-0.3, -0.25) is 9.00 Å². The molecule has 100 valence electrons. The number of benzene rings is 1. The second-order valence-electron chi connectivity index (χ2n) is 3.82. The largest absolute Gasteiger partial charge is 0.397 e. The fraction of sp³-hybridized carbons (Fsp3) is 0.417. The second kappa shape index (κ2) is 7.38. The molecule has 18 heavy (non-hydrogen) atoms. The minimum atomic E-state index is -0.824. The monoisotopic (exact) mass is 288 g/mol. The molecule has 0 aliphatic rings. The van der Waals surface area contributed by atoms with Crippen LogP contribution in [-0.2, 0) is 15.6 Å². The number of carbonyl (C=O) groups excluding carboxylic acids is 1. The number of rotatable bonds is 6. The molecule has 0 aliphatic heterocycles. The Morgan fingerprint density at radius 3 is 2.89 bits per heavy atom. The third kappa shape index (κ3) is 5.06. The Balaban J connectivity index is 2.44. The van der Waals surface area contributed by atoms with Crippen LogP contribution >= 0.6 is 11.6 Å². The molecular weight excluding hydrogens is 272 g/mol. The fourth-order valence-corrected chi connectivity index (χ4v) is 2.31. The highest BCUT2D eigenvalue weighted by Gasteiger charge is 2.06.